The summed E-state index contributed by atoms with van der Waals surface area (Å²) in [4.78, 5) is 21.7. The van der Waals surface area contributed by atoms with Crippen molar-refractivity contribution < 1.29 is 18.0 Å². The summed E-state index contributed by atoms with van der Waals surface area (Å²) in [6.45, 7) is 2.10. The van der Waals surface area contributed by atoms with Gasteiger partial charge in [0.25, 0.3) is 0 Å². The molecular formula is C29H35F3N6O. The van der Waals surface area contributed by atoms with E-state index in [-0.39, 0.29) is 23.7 Å². The first-order chi connectivity index (χ1) is 18.6. The molecule has 2 aromatic heterocycles. The second-order valence-electron chi connectivity index (χ2n) is 11.4. The summed E-state index contributed by atoms with van der Waals surface area (Å²) >= 11 is 0. The predicted molar refractivity (Wildman–Crippen MR) is 144 cm³/mol. The number of H-pyrrole nitrogens is 1. The number of nitrogens with one attached hydrogen (secondary N) is 3. The molecule has 0 amide bonds. The average Bonchev–Trinajstić information content (AvgIpc) is 3.58. The summed E-state index contributed by atoms with van der Waals surface area (Å²) in [5.41, 5.74) is 0.688. The molecule has 5 rings (SSSR count). The van der Waals surface area contributed by atoms with Crippen LogP contribution in [0.2, 0.25) is 0 Å². The fourth-order valence-corrected chi connectivity index (χ4v) is 5.92. The van der Waals surface area contributed by atoms with Gasteiger partial charge in [0.2, 0.25) is 5.95 Å². The number of aromatic nitrogens is 4. The summed E-state index contributed by atoms with van der Waals surface area (Å²) in [5.74, 6) is 2.48. The van der Waals surface area contributed by atoms with Crippen LogP contribution < -0.4 is 10.6 Å². The van der Waals surface area contributed by atoms with Gasteiger partial charge in [0.05, 0.1) is 5.56 Å². The number of carbonyl (C=O) groups is 1. The van der Waals surface area contributed by atoms with Crippen molar-refractivity contribution in [3.05, 3.63) is 59.4 Å². The molecule has 7 nitrogen and oxygen atoms in total. The molecular weight excluding hydrogens is 505 g/mol. The third kappa shape index (κ3) is 7.16. The highest BCUT2D eigenvalue weighted by Crippen LogP contribution is 2.40. The first kappa shape index (κ1) is 27.1. The molecule has 2 fully saturated rings. The zero-order valence-corrected chi connectivity index (χ0v) is 22.2. The van der Waals surface area contributed by atoms with Crippen LogP contribution in [0.1, 0.15) is 87.4 Å². The zero-order chi connectivity index (χ0) is 27.5. The number of rotatable bonds is 9. The van der Waals surface area contributed by atoms with Crippen molar-refractivity contribution in [2.45, 2.75) is 89.3 Å². The highest BCUT2D eigenvalue weighted by Gasteiger charge is 2.34. The smallest absolute Gasteiger partial charge is 0.351 e. The average molecular weight is 541 g/mol. The van der Waals surface area contributed by atoms with Gasteiger partial charge in [0, 0.05) is 42.8 Å². The monoisotopic (exact) mass is 540 g/mol. The van der Waals surface area contributed by atoms with Crippen LogP contribution in [0.4, 0.5) is 30.8 Å². The van der Waals surface area contributed by atoms with E-state index in [1.54, 1.807) is 12.3 Å². The first-order valence-corrected chi connectivity index (χ1v) is 13.7. The van der Waals surface area contributed by atoms with E-state index in [0.29, 0.717) is 29.7 Å². The maximum Gasteiger partial charge on any atom is 0.416 e. The molecule has 2 saturated carbocycles. The Labute approximate surface area is 226 Å². The third-order valence-electron chi connectivity index (χ3n) is 8.11. The molecule has 0 saturated heterocycles. The molecule has 1 aromatic carbocycles. The number of nitrogens with zero attached hydrogens (tertiary/aromatic N) is 3. The van der Waals surface area contributed by atoms with Gasteiger partial charge < -0.3 is 10.6 Å². The number of carbonyl (C=O) groups excluding carboxylic acids is 1. The molecule has 0 unspecified atom stereocenters. The lowest BCUT2D eigenvalue weighted by atomic mass is 9.70. The van der Waals surface area contributed by atoms with Crippen molar-refractivity contribution in [3.63, 3.8) is 0 Å². The Morgan fingerprint density at radius 3 is 2.59 bits per heavy atom. The molecule has 2 aliphatic carbocycles. The molecule has 0 spiro atoms. The molecule has 0 radical (unpaired) electrons. The molecule has 2 aliphatic rings. The van der Waals surface area contributed by atoms with Crippen molar-refractivity contribution in [3.8, 4) is 0 Å². The zero-order valence-electron chi connectivity index (χ0n) is 22.2. The Balaban J connectivity index is 1.11. The normalized spacial score (nSPS) is 22.1. The van der Waals surface area contributed by atoms with Crippen molar-refractivity contribution in [2.75, 3.05) is 10.6 Å². The number of hydrogen-bond donors (Lipinski definition) is 3. The SMILES string of the molecule is CC1(CC(=O)Cc2cccc(C(F)(F)F)c2)CCC(Nc2nccc(Nc3cc(C4CCCC4)[nH]n3)n2)CC1. The summed E-state index contributed by atoms with van der Waals surface area (Å²) in [6, 6.07) is 9.10. The minimum Gasteiger partial charge on any atom is -0.351 e. The van der Waals surface area contributed by atoms with E-state index in [4.69, 9.17) is 0 Å². The van der Waals surface area contributed by atoms with Gasteiger partial charge in [-0.15, -0.1) is 0 Å². The predicted octanol–water partition coefficient (Wildman–Crippen LogP) is 7.18. The third-order valence-corrected chi connectivity index (χ3v) is 8.11. The van der Waals surface area contributed by atoms with Crippen molar-refractivity contribution >= 4 is 23.4 Å². The maximum atomic E-state index is 13.0. The maximum absolute atomic E-state index is 13.0. The van der Waals surface area contributed by atoms with Crippen LogP contribution in [0.15, 0.2) is 42.6 Å². The fourth-order valence-electron chi connectivity index (χ4n) is 5.92. The van der Waals surface area contributed by atoms with Gasteiger partial charge in [0.15, 0.2) is 5.82 Å². The van der Waals surface area contributed by atoms with Crippen LogP contribution in [0.25, 0.3) is 0 Å². The molecule has 3 N–H and O–H groups in total. The standard InChI is InChI=1S/C29H35F3N6O/c1-28(18-23(39)16-19-5-4-8-21(15-19)29(30,31)32)12-9-22(10-13-28)34-27-33-14-11-25(36-27)35-26-17-24(37-38-26)20-6-2-3-7-20/h4-5,8,11,14-15,17,20,22H,2-3,6-7,9-10,12-13,16,18H2,1H3,(H3,33,34,35,36,37,38). The van der Waals surface area contributed by atoms with Gasteiger partial charge in [-0.1, -0.05) is 38.0 Å². The Kier molecular flexibility index (Phi) is 7.91. The number of aromatic amines is 1. The highest BCUT2D eigenvalue weighted by atomic mass is 19.4. The molecule has 10 heteroatoms. The number of halogens is 3. The van der Waals surface area contributed by atoms with Crippen molar-refractivity contribution in [2.24, 2.45) is 5.41 Å². The van der Waals surface area contributed by atoms with E-state index in [1.165, 1.54) is 37.4 Å². The van der Waals surface area contributed by atoms with E-state index in [9.17, 15) is 18.0 Å². The summed E-state index contributed by atoms with van der Waals surface area (Å²) in [5, 5.41) is 14.2. The van der Waals surface area contributed by atoms with Gasteiger partial charge in [-0.3, -0.25) is 9.89 Å². The second-order valence-corrected chi connectivity index (χ2v) is 11.4. The molecule has 2 heterocycles. The fraction of sp³-hybridized carbons (Fsp3) is 0.517. The van der Waals surface area contributed by atoms with E-state index in [1.807, 2.05) is 6.07 Å². The van der Waals surface area contributed by atoms with E-state index in [2.05, 4.69) is 43.8 Å². The number of Topliss-reactive ketones (excluding diaryl/α,β-unsaturated/α-hetero) is 1. The van der Waals surface area contributed by atoms with Crippen LogP contribution in [0.3, 0.4) is 0 Å². The van der Waals surface area contributed by atoms with E-state index < -0.39 is 11.7 Å². The lowest BCUT2D eigenvalue weighted by Gasteiger charge is -2.37. The van der Waals surface area contributed by atoms with Gasteiger partial charge in [-0.25, -0.2) is 4.98 Å². The van der Waals surface area contributed by atoms with Crippen LogP contribution in [0.5, 0.6) is 0 Å². The lowest BCUT2D eigenvalue weighted by molar-refractivity contribution is -0.137. The molecule has 208 valence electrons. The Morgan fingerprint density at radius 2 is 1.85 bits per heavy atom. The lowest BCUT2D eigenvalue weighted by Crippen LogP contribution is -2.33. The van der Waals surface area contributed by atoms with Gasteiger partial charge in [-0.2, -0.15) is 23.3 Å². The minimum absolute atomic E-state index is 0.0208. The molecule has 3 aromatic rings. The Hall–Kier alpha value is -3.43. The van der Waals surface area contributed by atoms with E-state index in [0.717, 1.165) is 43.6 Å². The van der Waals surface area contributed by atoms with Gasteiger partial charge in [-0.05, 0) is 61.6 Å². The summed E-state index contributed by atoms with van der Waals surface area (Å²) in [7, 11) is 0. The molecule has 0 atom stereocenters. The van der Waals surface area contributed by atoms with Crippen LogP contribution in [-0.2, 0) is 17.4 Å². The molecule has 0 aliphatic heterocycles. The number of ketones is 1. The number of hydrogen-bond acceptors (Lipinski definition) is 6. The molecule has 39 heavy (non-hydrogen) atoms. The van der Waals surface area contributed by atoms with E-state index >= 15 is 0 Å². The quantitative estimate of drug-likeness (QED) is 0.266. The molecule has 0 bridgehead atoms. The second kappa shape index (κ2) is 11.4. The first-order valence-electron chi connectivity index (χ1n) is 13.7. The van der Waals surface area contributed by atoms with Crippen LogP contribution >= 0.6 is 0 Å². The minimum atomic E-state index is -4.41. The van der Waals surface area contributed by atoms with Gasteiger partial charge in [0.1, 0.15) is 11.6 Å². The van der Waals surface area contributed by atoms with Crippen LogP contribution in [-0.4, -0.2) is 32.0 Å². The van der Waals surface area contributed by atoms with Crippen LogP contribution in [0, 0.1) is 5.41 Å². The van der Waals surface area contributed by atoms with Crippen molar-refractivity contribution in [1.29, 1.82) is 0 Å². The summed E-state index contributed by atoms with van der Waals surface area (Å²) in [6.07, 6.45) is 6.02. The summed E-state index contributed by atoms with van der Waals surface area (Å²) < 4.78 is 39.0. The highest BCUT2D eigenvalue weighted by molar-refractivity contribution is 5.81. The number of alkyl halides is 3. The largest absolute Gasteiger partial charge is 0.416 e. The Bertz CT molecular complexity index is 1280. The van der Waals surface area contributed by atoms with Gasteiger partial charge >= 0.3 is 6.18 Å². The number of anilines is 3. The van der Waals surface area contributed by atoms with Crippen molar-refractivity contribution in [1.82, 2.24) is 20.2 Å². The topological polar surface area (TPSA) is 95.6 Å². The number of benzene rings is 1. The Morgan fingerprint density at radius 1 is 1.08 bits per heavy atom.